The fourth-order valence-electron chi connectivity index (χ4n) is 2.39. The van der Waals surface area contributed by atoms with Crippen molar-refractivity contribution >= 4 is 12.0 Å². The minimum atomic E-state index is -0.878. The molecule has 0 aromatic heterocycles. The van der Waals surface area contributed by atoms with Gasteiger partial charge in [0, 0.05) is 20.1 Å². The molecule has 2 amide bonds. The van der Waals surface area contributed by atoms with Gasteiger partial charge in [0.15, 0.2) is 0 Å². The number of carbonyl (C=O) groups excluding carboxylic acids is 1. The molecule has 78 valence electrons. The fourth-order valence-corrected chi connectivity index (χ4v) is 2.39. The smallest absolute Gasteiger partial charge is 0.407 e. The maximum Gasteiger partial charge on any atom is 0.407 e. The minimum absolute atomic E-state index is 0.122. The Bertz CT molecular complexity index is 292. The predicted octanol–water partition coefficient (Wildman–Crippen LogP) is 0.361. The average Bonchev–Trinajstić information content (AvgIpc) is 2.18. The standard InChI is InChI=1S/C9H14N2O3/c1-10-7(12)5-9(10)3-2-4-11(6-9)8(13)14/h2-6H2,1H3,(H,13,14). The first kappa shape index (κ1) is 9.30. The number of likely N-dealkylation sites (N-methyl/N-ethyl adjacent to an activating group) is 1. The van der Waals surface area contributed by atoms with Gasteiger partial charge >= 0.3 is 6.09 Å². The molecule has 1 spiro atoms. The van der Waals surface area contributed by atoms with Crippen LogP contribution in [0.1, 0.15) is 19.3 Å². The Morgan fingerprint density at radius 2 is 2.29 bits per heavy atom. The summed E-state index contributed by atoms with van der Waals surface area (Å²) in [4.78, 5) is 25.0. The first-order valence-electron chi connectivity index (χ1n) is 4.80. The van der Waals surface area contributed by atoms with Gasteiger partial charge in [-0.1, -0.05) is 0 Å². The Labute approximate surface area is 82.3 Å². The van der Waals surface area contributed by atoms with Gasteiger partial charge in [-0.3, -0.25) is 4.79 Å². The summed E-state index contributed by atoms with van der Waals surface area (Å²) in [6.45, 7) is 1.07. The second-order valence-electron chi connectivity index (χ2n) is 4.16. The molecule has 1 unspecified atom stereocenters. The number of β-lactam (4-membered cyclic amide) rings is 1. The van der Waals surface area contributed by atoms with E-state index in [0.717, 1.165) is 12.8 Å². The van der Waals surface area contributed by atoms with Crippen molar-refractivity contribution in [2.24, 2.45) is 0 Å². The lowest BCUT2D eigenvalue weighted by molar-refractivity contribution is -0.158. The number of hydrogen-bond acceptors (Lipinski definition) is 2. The summed E-state index contributed by atoms with van der Waals surface area (Å²) >= 11 is 0. The molecule has 2 aliphatic heterocycles. The summed E-state index contributed by atoms with van der Waals surface area (Å²) in [6.07, 6.45) is 1.41. The Kier molecular flexibility index (Phi) is 1.90. The van der Waals surface area contributed by atoms with E-state index in [0.29, 0.717) is 19.5 Å². The van der Waals surface area contributed by atoms with Crippen LogP contribution in [0.3, 0.4) is 0 Å². The molecule has 2 fully saturated rings. The Morgan fingerprint density at radius 1 is 1.57 bits per heavy atom. The van der Waals surface area contributed by atoms with Crippen molar-refractivity contribution in [3.8, 4) is 0 Å². The van der Waals surface area contributed by atoms with Gasteiger partial charge < -0.3 is 14.9 Å². The van der Waals surface area contributed by atoms with E-state index in [1.165, 1.54) is 4.90 Å². The molecule has 0 aliphatic carbocycles. The number of rotatable bonds is 0. The topological polar surface area (TPSA) is 60.9 Å². The van der Waals surface area contributed by atoms with Gasteiger partial charge in [0.25, 0.3) is 0 Å². The zero-order valence-electron chi connectivity index (χ0n) is 8.19. The SMILES string of the molecule is CN1C(=O)CC12CCCN(C(=O)O)C2. The van der Waals surface area contributed by atoms with E-state index in [2.05, 4.69) is 0 Å². The Balaban J connectivity index is 2.08. The molecular formula is C9H14N2O3. The van der Waals surface area contributed by atoms with E-state index >= 15 is 0 Å². The molecule has 0 aromatic carbocycles. The molecule has 14 heavy (non-hydrogen) atoms. The van der Waals surface area contributed by atoms with Crippen LogP contribution in [-0.4, -0.2) is 52.6 Å². The second-order valence-corrected chi connectivity index (χ2v) is 4.16. The monoisotopic (exact) mass is 198 g/mol. The molecule has 0 aromatic rings. The van der Waals surface area contributed by atoms with Gasteiger partial charge in [-0.05, 0) is 12.8 Å². The lowest BCUT2D eigenvalue weighted by Crippen LogP contribution is -2.68. The van der Waals surface area contributed by atoms with Gasteiger partial charge in [0.2, 0.25) is 5.91 Å². The van der Waals surface area contributed by atoms with Crippen molar-refractivity contribution in [2.45, 2.75) is 24.8 Å². The normalized spacial score (nSPS) is 31.9. The highest BCUT2D eigenvalue weighted by Crippen LogP contribution is 2.38. The molecule has 0 radical (unpaired) electrons. The molecule has 5 heteroatoms. The molecule has 2 heterocycles. The van der Waals surface area contributed by atoms with Crippen LogP contribution in [0.4, 0.5) is 4.79 Å². The lowest BCUT2D eigenvalue weighted by atomic mass is 9.78. The number of carboxylic acid groups (broad SMARTS) is 1. The van der Waals surface area contributed by atoms with E-state index < -0.39 is 6.09 Å². The molecule has 1 N–H and O–H groups in total. The lowest BCUT2D eigenvalue weighted by Gasteiger charge is -2.54. The van der Waals surface area contributed by atoms with Crippen molar-refractivity contribution in [2.75, 3.05) is 20.1 Å². The predicted molar refractivity (Wildman–Crippen MR) is 48.9 cm³/mol. The summed E-state index contributed by atoms with van der Waals surface area (Å²) in [5.74, 6) is 0.122. The van der Waals surface area contributed by atoms with E-state index in [1.807, 2.05) is 0 Å². The van der Waals surface area contributed by atoms with Crippen molar-refractivity contribution in [3.05, 3.63) is 0 Å². The summed E-state index contributed by atoms with van der Waals surface area (Å²) in [5, 5.41) is 8.86. The molecule has 1 atom stereocenters. The maximum absolute atomic E-state index is 11.1. The molecule has 2 saturated heterocycles. The molecule has 5 nitrogen and oxygen atoms in total. The van der Waals surface area contributed by atoms with Gasteiger partial charge in [0.05, 0.1) is 12.0 Å². The van der Waals surface area contributed by atoms with Crippen LogP contribution in [0.15, 0.2) is 0 Å². The summed E-state index contributed by atoms with van der Waals surface area (Å²) in [6, 6.07) is 0. The third-order valence-electron chi connectivity index (χ3n) is 3.39. The quantitative estimate of drug-likeness (QED) is 0.572. The van der Waals surface area contributed by atoms with Gasteiger partial charge in [-0.15, -0.1) is 0 Å². The Hall–Kier alpha value is -1.26. The van der Waals surface area contributed by atoms with Crippen LogP contribution >= 0.6 is 0 Å². The van der Waals surface area contributed by atoms with Crippen LogP contribution < -0.4 is 0 Å². The number of carbonyl (C=O) groups is 2. The largest absolute Gasteiger partial charge is 0.465 e. The average molecular weight is 198 g/mol. The first-order chi connectivity index (χ1) is 6.55. The minimum Gasteiger partial charge on any atom is -0.465 e. The molecule has 0 saturated carbocycles. The highest BCUT2D eigenvalue weighted by Gasteiger charge is 2.51. The van der Waals surface area contributed by atoms with Crippen molar-refractivity contribution in [1.82, 2.24) is 9.80 Å². The molecule has 0 bridgehead atoms. The van der Waals surface area contributed by atoms with Crippen LogP contribution in [0.25, 0.3) is 0 Å². The summed E-state index contributed by atoms with van der Waals surface area (Å²) < 4.78 is 0. The fraction of sp³-hybridized carbons (Fsp3) is 0.778. The Morgan fingerprint density at radius 3 is 2.79 bits per heavy atom. The van der Waals surface area contributed by atoms with E-state index in [4.69, 9.17) is 5.11 Å². The maximum atomic E-state index is 11.1. The van der Waals surface area contributed by atoms with Crippen LogP contribution in [0.5, 0.6) is 0 Å². The molecule has 2 rings (SSSR count). The van der Waals surface area contributed by atoms with Gasteiger partial charge in [-0.2, -0.15) is 0 Å². The number of nitrogens with zero attached hydrogens (tertiary/aromatic N) is 2. The van der Waals surface area contributed by atoms with Crippen LogP contribution in [-0.2, 0) is 4.79 Å². The van der Waals surface area contributed by atoms with Crippen molar-refractivity contribution in [3.63, 3.8) is 0 Å². The van der Waals surface area contributed by atoms with Gasteiger partial charge in [-0.25, -0.2) is 4.79 Å². The van der Waals surface area contributed by atoms with Crippen molar-refractivity contribution in [1.29, 1.82) is 0 Å². The number of amides is 2. The third kappa shape index (κ3) is 1.15. The molecular weight excluding hydrogens is 184 g/mol. The number of piperidine rings is 1. The molecule has 2 aliphatic rings. The zero-order chi connectivity index (χ0) is 10.3. The number of likely N-dealkylation sites (tertiary alicyclic amines) is 2. The van der Waals surface area contributed by atoms with E-state index in [1.54, 1.807) is 11.9 Å². The zero-order valence-corrected chi connectivity index (χ0v) is 8.19. The van der Waals surface area contributed by atoms with Crippen LogP contribution in [0.2, 0.25) is 0 Å². The summed E-state index contributed by atoms with van der Waals surface area (Å²) in [7, 11) is 1.76. The van der Waals surface area contributed by atoms with Crippen molar-refractivity contribution < 1.29 is 14.7 Å². The highest BCUT2D eigenvalue weighted by atomic mass is 16.4. The second kappa shape index (κ2) is 2.87. The summed E-state index contributed by atoms with van der Waals surface area (Å²) in [5.41, 5.74) is -0.187. The van der Waals surface area contributed by atoms with E-state index in [9.17, 15) is 9.59 Å². The number of hydrogen-bond donors (Lipinski definition) is 1. The third-order valence-corrected chi connectivity index (χ3v) is 3.39. The first-order valence-corrected chi connectivity index (χ1v) is 4.80. The van der Waals surface area contributed by atoms with Gasteiger partial charge in [0.1, 0.15) is 0 Å². The van der Waals surface area contributed by atoms with Crippen LogP contribution in [0, 0.1) is 0 Å². The highest BCUT2D eigenvalue weighted by molar-refractivity contribution is 5.85. The van der Waals surface area contributed by atoms with E-state index in [-0.39, 0.29) is 11.4 Å².